The summed E-state index contributed by atoms with van der Waals surface area (Å²) in [5.74, 6) is 0. The predicted molar refractivity (Wildman–Crippen MR) is 76.1 cm³/mol. The number of sulfonamides is 1. The number of anilines is 1. The Morgan fingerprint density at radius 3 is 2.63 bits per heavy atom. The number of benzene rings is 1. The summed E-state index contributed by atoms with van der Waals surface area (Å²) < 4.78 is 26.8. The first kappa shape index (κ1) is 12.9. The van der Waals surface area contributed by atoms with E-state index in [2.05, 4.69) is 0 Å². The van der Waals surface area contributed by atoms with Gasteiger partial charge in [-0.05, 0) is 42.5 Å². The molecule has 0 spiro atoms. The van der Waals surface area contributed by atoms with Crippen LogP contribution in [0.15, 0.2) is 18.2 Å². The van der Waals surface area contributed by atoms with Gasteiger partial charge in [0.2, 0.25) is 10.0 Å². The summed E-state index contributed by atoms with van der Waals surface area (Å²) in [4.78, 5) is 0. The molecule has 1 saturated carbocycles. The zero-order chi connectivity index (χ0) is 13.5. The highest BCUT2D eigenvalue weighted by atomic mass is 32.2. The monoisotopic (exact) mass is 280 g/mol. The highest BCUT2D eigenvalue weighted by Crippen LogP contribution is 2.30. The van der Waals surface area contributed by atoms with Gasteiger partial charge in [0, 0.05) is 18.8 Å². The first-order valence-corrected chi connectivity index (χ1v) is 8.44. The van der Waals surface area contributed by atoms with Crippen LogP contribution >= 0.6 is 0 Å². The molecule has 19 heavy (non-hydrogen) atoms. The molecular formula is C14H20N2O2S. The van der Waals surface area contributed by atoms with Crippen LogP contribution in [0.4, 0.5) is 5.69 Å². The van der Waals surface area contributed by atoms with E-state index in [1.54, 1.807) is 4.31 Å². The van der Waals surface area contributed by atoms with Crippen molar-refractivity contribution in [1.82, 2.24) is 4.31 Å². The number of nitrogens with zero attached hydrogens (tertiary/aromatic N) is 1. The van der Waals surface area contributed by atoms with Gasteiger partial charge in [0.25, 0.3) is 0 Å². The lowest BCUT2D eigenvalue weighted by atomic mass is 10.0. The molecule has 0 amide bonds. The van der Waals surface area contributed by atoms with Crippen molar-refractivity contribution >= 4 is 15.7 Å². The van der Waals surface area contributed by atoms with E-state index < -0.39 is 10.0 Å². The molecule has 0 saturated heterocycles. The summed E-state index contributed by atoms with van der Waals surface area (Å²) in [7, 11) is -3.12. The highest BCUT2D eigenvalue weighted by molar-refractivity contribution is 7.89. The fourth-order valence-electron chi connectivity index (χ4n) is 3.17. The minimum absolute atomic E-state index is 0.157. The van der Waals surface area contributed by atoms with Crippen LogP contribution in [0.3, 0.4) is 0 Å². The zero-order valence-corrected chi connectivity index (χ0v) is 11.8. The molecule has 2 N–H and O–H groups in total. The molecule has 0 unspecified atom stereocenters. The second-order valence-electron chi connectivity index (χ2n) is 5.56. The molecule has 104 valence electrons. The van der Waals surface area contributed by atoms with Crippen molar-refractivity contribution in [2.75, 3.05) is 12.3 Å². The van der Waals surface area contributed by atoms with Gasteiger partial charge >= 0.3 is 0 Å². The van der Waals surface area contributed by atoms with Crippen LogP contribution in [-0.2, 0) is 23.0 Å². The van der Waals surface area contributed by atoms with Gasteiger partial charge < -0.3 is 5.73 Å². The molecule has 4 nitrogen and oxygen atoms in total. The molecule has 1 aliphatic heterocycles. The lowest BCUT2D eigenvalue weighted by Gasteiger charge is -2.30. The van der Waals surface area contributed by atoms with Gasteiger partial charge in [-0.2, -0.15) is 4.31 Å². The summed E-state index contributed by atoms with van der Waals surface area (Å²) in [6.07, 6.45) is 4.52. The Kier molecular flexibility index (Phi) is 3.27. The molecule has 1 fully saturated rings. The minimum Gasteiger partial charge on any atom is -0.399 e. The van der Waals surface area contributed by atoms with Crippen molar-refractivity contribution < 1.29 is 8.42 Å². The van der Waals surface area contributed by atoms with Crippen LogP contribution in [0.5, 0.6) is 0 Å². The van der Waals surface area contributed by atoms with E-state index in [9.17, 15) is 8.42 Å². The van der Waals surface area contributed by atoms with E-state index in [-0.39, 0.29) is 5.25 Å². The topological polar surface area (TPSA) is 63.4 Å². The number of nitrogens with two attached hydrogens (primary N) is 1. The largest absolute Gasteiger partial charge is 0.399 e. The molecule has 0 aromatic heterocycles. The molecule has 0 bridgehead atoms. The normalized spacial score (nSPS) is 21.5. The van der Waals surface area contributed by atoms with E-state index in [0.717, 1.165) is 37.7 Å². The molecule has 2 aliphatic rings. The van der Waals surface area contributed by atoms with Crippen LogP contribution in [0.1, 0.15) is 36.8 Å². The molecular weight excluding hydrogens is 260 g/mol. The first-order chi connectivity index (χ1) is 9.07. The van der Waals surface area contributed by atoms with Gasteiger partial charge in [0.15, 0.2) is 0 Å². The molecule has 5 heteroatoms. The number of hydrogen-bond donors (Lipinski definition) is 1. The third kappa shape index (κ3) is 2.37. The van der Waals surface area contributed by atoms with E-state index >= 15 is 0 Å². The summed E-state index contributed by atoms with van der Waals surface area (Å²) in [5.41, 5.74) is 8.79. The predicted octanol–water partition coefficient (Wildman–Crippen LogP) is 1.90. The smallest absolute Gasteiger partial charge is 0.217 e. The number of fused-ring (bicyclic) bond motifs is 1. The first-order valence-electron chi connectivity index (χ1n) is 6.93. The molecule has 3 rings (SSSR count). The molecule has 1 aromatic carbocycles. The number of nitrogen functional groups attached to an aromatic ring is 1. The van der Waals surface area contributed by atoms with E-state index in [0.29, 0.717) is 18.8 Å². The summed E-state index contributed by atoms with van der Waals surface area (Å²) in [6.45, 7) is 1.09. The third-order valence-electron chi connectivity index (χ3n) is 4.29. The molecule has 1 aliphatic carbocycles. The standard InChI is InChI=1S/C14H20N2O2S/c15-13-6-5-11-7-8-16(10-12(11)9-13)19(17,18)14-3-1-2-4-14/h5-6,9,14H,1-4,7-8,10,15H2. The zero-order valence-electron chi connectivity index (χ0n) is 11.0. The summed E-state index contributed by atoms with van der Waals surface area (Å²) >= 11 is 0. The van der Waals surface area contributed by atoms with Gasteiger partial charge in [0.05, 0.1) is 5.25 Å². The van der Waals surface area contributed by atoms with Crippen molar-refractivity contribution in [3.63, 3.8) is 0 Å². The Morgan fingerprint density at radius 1 is 1.16 bits per heavy atom. The van der Waals surface area contributed by atoms with Gasteiger partial charge in [-0.15, -0.1) is 0 Å². The molecule has 0 radical (unpaired) electrons. The number of rotatable bonds is 2. The Labute approximate surface area is 114 Å². The third-order valence-corrected chi connectivity index (χ3v) is 6.64. The maximum Gasteiger partial charge on any atom is 0.217 e. The van der Waals surface area contributed by atoms with E-state index in [1.807, 2.05) is 18.2 Å². The minimum atomic E-state index is -3.12. The van der Waals surface area contributed by atoms with Crippen molar-refractivity contribution in [3.8, 4) is 0 Å². The quantitative estimate of drug-likeness (QED) is 0.842. The fraction of sp³-hybridized carbons (Fsp3) is 0.571. The van der Waals surface area contributed by atoms with Crippen LogP contribution in [0, 0.1) is 0 Å². The Balaban J connectivity index is 1.85. The Hall–Kier alpha value is -1.07. The van der Waals surface area contributed by atoms with Crippen molar-refractivity contribution in [1.29, 1.82) is 0 Å². The second-order valence-corrected chi connectivity index (χ2v) is 7.78. The van der Waals surface area contributed by atoms with E-state index in [4.69, 9.17) is 5.73 Å². The lowest BCUT2D eigenvalue weighted by Crippen LogP contribution is -2.40. The van der Waals surface area contributed by atoms with Gasteiger partial charge in [-0.25, -0.2) is 8.42 Å². The number of hydrogen-bond acceptors (Lipinski definition) is 3. The van der Waals surface area contributed by atoms with Crippen molar-refractivity contribution in [2.24, 2.45) is 0 Å². The highest BCUT2D eigenvalue weighted by Gasteiger charge is 2.35. The lowest BCUT2D eigenvalue weighted by molar-refractivity contribution is 0.384. The van der Waals surface area contributed by atoms with Crippen molar-refractivity contribution in [3.05, 3.63) is 29.3 Å². The van der Waals surface area contributed by atoms with E-state index in [1.165, 1.54) is 5.56 Å². The van der Waals surface area contributed by atoms with Crippen LogP contribution in [-0.4, -0.2) is 24.5 Å². The summed E-state index contributed by atoms with van der Waals surface area (Å²) in [6, 6.07) is 5.82. The maximum atomic E-state index is 12.6. The maximum absolute atomic E-state index is 12.6. The van der Waals surface area contributed by atoms with Crippen LogP contribution < -0.4 is 5.73 Å². The fourth-order valence-corrected chi connectivity index (χ4v) is 5.18. The van der Waals surface area contributed by atoms with Crippen molar-refractivity contribution in [2.45, 2.75) is 43.9 Å². The molecule has 1 aromatic rings. The Morgan fingerprint density at radius 2 is 1.89 bits per heavy atom. The van der Waals surface area contributed by atoms with Gasteiger partial charge in [-0.3, -0.25) is 0 Å². The van der Waals surface area contributed by atoms with Crippen LogP contribution in [0.25, 0.3) is 0 Å². The SMILES string of the molecule is Nc1ccc2c(c1)CN(S(=O)(=O)C1CCCC1)CC2. The average Bonchev–Trinajstić information content (AvgIpc) is 2.92. The summed E-state index contributed by atoms with van der Waals surface area (Å²) in [5, 5.41) is -0.157. The molecule has 0 atom stereocenters. The van der Waals surface area contributed by atoms with Gasteiger partial charge in [0.1, 0.15) is 0 Å². The van der Waals surface area contributed by atoms with Crippen LogP contribution in [0.2, 0.25) is 0 Å². The molecule has 1 heterocycles. The Bertz CT molecular complexity index is 577. The van der Waals surface area contributed by atoms with Gasteiger partial charge in [-0.1, -0.05) is 18.9 Å². The second kappa shape index (κ2) is 4.80. The average molecular weight is 280 g/mol.